The first-order valence-corrected chi connectivity index (χ1v) is 4.48. The van der Waals surface area contributed by atoms with Crippen molar-refractivity contribution in [2.45, 2.75) is 45.4 Å². The fourth-order valence-corrected chi connectivity index (χ4v) is 1.10. The number of carbonyl (C=O) groups excluding carboxylic acids is 1. The van der Waals surface area contributed by atoms with Crippen LogP contribution in [0.1, 0.15) is 33.6 Å². The predicted octanol–water partition coefficient (Wildman–Crippen LogP) is 0.0345. The Balaban J connectivity index is 3.69. The number of carbonyl (C=O) groups is 1. The van der Waals surface area contributed by atoms with E-state index in [2.05, 4.69) is 5.32 Å². The van der Waals surface area contributed by atoms with Gasteiger partial charge in [0.15, 0.2) is 0 Å². The van der Waals surface area contributed by atoms with Crippen molar-refractivity contribution in [1.82, 2.24) is 5.32 Å². The van der Waals surface area contributed by atoms with E-state index < -0.39 is 5.72 Å². The average molecular weight is 189 g/mol. The molecule has 0 saturated carbocycles. The summed E-state index contributed by atoms with van der Waals surface area (Å²) in [6.45, 7) is 5.17. The summed E-state index contributed by atoms with van der Waals surface area (Å²) in [5.41, 5.74) is -1.15. The van der Waals surface area contributed by atoms with Gasteiger partial charge in [0, 0.05) is 13.0 Å². The van der Waals surface area contributed by atoms with Gasteiger partial charge in [-0.1, -0.05) is 0 Å². The average Bonchev–Trinajstić information content (AvgIpc) is 1.81. The number of ketones is 1. The molecule has 0 aromatic heterocycles. The van der Waals surface area contributed by atoms with Crippen molar-refractivity contribution in [3.05, 3.63) is 0 Å². The number of Topliss-reactive ketones (excluding diaryl/α,β-unsaturated/α-hetero) is 1. The molecule has 0 aliphatic rings. The number of aliphatic hydroxyl groups is 2. The predicted molar refractivity (Wildman–Crippen MR) is 50.2 cm³/mol. The van der Waals surface area contributed by atoms with Crippen molar-refractivity contribution >= 4 is 5.78 Å². The zero-order chi connectivity index (χ0) is 10.5. The summed E-state index contributed by atoms with van der Waals surface area (Å²) >= 11 is 0. The van der Waals surface area contributed by atoms with E-state index in [-0.39, 0.29) is 18.3 Å². The van der Waals surface area contributed by atoms with Gasteiger partial charge in [-0.3, -0.25) is 10.1 Å². The van der Waals surface area contributed by atoms with Crippen LogP contribution in [-0.4, -0.2) is 34.4 Å². The van der Waals surface area contributed by atoms with E-state index in [4.69, 9.17) is 5.11 Å². The third kappa shape index (κ3) is 7.90. The molecule has 2 atom stereocenters. The third-order valence-corrected chi connectivity index (χ3v) is 1.66. The Bertz CT molecular complexity index is 166. The Morgan fingerprint density at radius 1 is 1.62 bits per heavy atom. The van der Waals surface area contributed by atoms with Crippen molar-refractivity contribution in [1.29, 1.82) is 0 Å². The van der Waals surface area contributed by atoms with Gasteiger partial charge in [-0.15, -0.1) is 0 Å². The van der Waals surface area contributed by atoms with Gasteiger partial charge in [-0.05, 0) is 27.2 Å². The molecule has 0 rings (SSSR count). The highest BCUT2D eigenvalue weighted by molar-refractivity contribution is 5.76. The summed E-state index contributed by atoms with van der Waals surface area (Å²) in [7, 11) is 0. The molecule has 0 aliphatic heterocycles. The van der Waals surface area contributed by atoms with E-state index in [0.717, 1.165) is 0 Å². The van der Waals surface area contributed by atoms with Crippen LogP contribution in [0.5, 0.6) is 0 Å². The lowest BCUT2D eigenvalue weighted by atomic mass is 10.1. The maximum absolute atomic E-state index is 10.7. The van der Waals surface area contributed by atoms with Gasteiger partial charge in [0.2, 0.25) is 0 Å². The summed E-state index contributed by atoms with van der Waals surface area (Å²) in [5.74, 6) is -0.0606. The van der Waals surface area contributed by atoms with Crippen LogP contribution >= 0.6 is 0 Å². The lowest BCUT2D eigenvalue weighted by molar-refractivity contribution is -0.122. The number of aliphatic hydroxyl groups excluding tert-OH is 1. The van der Waals surface area contributed by atoms with Crippen molar-refractivity contribution < 1.29 is 15.0 Å². The van der Waals surface area contributed by atoms with Crippen LogP contribution in [0.4, 0.5) is 0 Å². The second-order valence-corrected chi connectivity index (χ2v) is 3.72. The van der Waals surface area contributed by atoms with Crippen molar-refractivity contribution in [3.8, 4) is 0 Å². The zero-order valence-corrected chi connectivity index (χ0v) is 8.50. The smallest absolute Gasteiger partial charge is 0.134 e. The van der Waals surface area contributed by atoms with Crippen LogP contribution in [0, 0.1) is 0 Å². The molecular formula is C9H19NO3. The lowest BCUT2D eigenvalue weighted by Crippen LogP contribution is -2.44. The van der Waals surface area contributed by atoms with Crippen molar-refractivity contribution in [2.75, 3.05) is 6.54 Å². The Morgan fingerprint density at radius 2 is 2.15 bits per heavy atom. The molecule has 0 radical (unpaired) electrons. The molecule has 13 heavy (non-hydrogen) atoms. The molecule has 0 aliphatic carbocycles. The maximum Gasteiger partial charge on any atom is 0.134 e. The molecule has 0 amide bonds. The minimum Gasteiger partial charge on any atom is -0.393 e. The fraction of sp³-hybridized carbons (Fsp3) is 0.889. The largest absolute Gasteiger partial charge is 0.393 e. The molecule has 0 heterocycles. The quantitative estimate of drug-likeness (QED) is 0.516. The first kappa shape index (κ1) is 12.6. The number of hydrogen-bond donors (Lipinski definition) is 3. The van der Waals surface area contributed by atoms with E-state index in [1.807, 2.05) is 0 Å². The molecule has 0 fully saturated rings. The topological polar surface area (TPSA) is 69.6 Å². The van der Waals surface area contributed by atoms with Gasteiger partial charge in [0.25, 0.3) is 0 Å². The maximum atomic E-state index is 10.7. The highest BCUT2D eigenvalue weighted by atomic mass is 16.3. The molecule has 0 bridgehead atoms. The molecule has 4 nitrogen and oxygen atoms in total. The normalized spacial score (nSPS) is 17.9. The molecule has 0 aromatic carbocycles. The lowest BCUT2D eigenvalue weighted by Gasteiger charge is -2.23. The first-order chi connectivity index (χ1) is 5.83. The van der Waals surface area contributed by atoms with Gasteiger partial charge < -0.3 is 10.2 Å². The Labute approximate surface area is 79.0 Å². The Morgan fingerprint density at radius 3 is 2.54 bits per heavy atom. The summed E-state index contributed by atoms with van der Waals surface area (Å²) in [6.07, 6.45) is 0.265. The minimum absolute atomic E-state index is 0.0606. The molecule has 1 unspecified atom stereocenters. The van der Waals surface area contributed by atoms with Gasteiger partial charge in [0.05, 0.1) is 6.10 Å². The first-order valence-electron chi connectivity index (χ1n) is 4.48. The zero-order valence-electron chi connectivity index (χ0n) is 8.50. The molecule has 0 saturated heterocycles. The standard InChI is InChI=1S/C9H19NO3/c1-7(11)4-5-10-9(3,13)6-8(2)12/h7,10-11,13H,4-6H2,1-3H3/t7-,9?/m0/s1. The molecule has 3 N–H and O–H groups in total. The van der Waals surface area contributed by atoms with E-state index in [1.165, 1.54) is 6.92 Å². The van der Waals surface area contributed by atoms with Crippen LogP contribution in [0.15, 0.2) is 0 Å². The van der Waals surface area contributed by atoms with Gasteiger partial charge in [-0.25, -0.2) is 0 Å². The van der Waals surface area contributed by atoms with E-state index in [1.54, 1.807) is 13.8 Å². The Kier molecular flexibility index (Phi) is 5.13. The number of nitrogens with one attached hydrogen (secondary N) is 1. The third-order valence-electron chi connectivity index (χ3n) is 1.66. The summed E-state index contributed by atoms with van der Waals surface area (Å²) in [5, 5.41) is 21.3. The van der Waals surface area contributed by atoms with Crippen molar-refractivity contribution in [3.63, 3.8) is 0 Å². The fourth-order valence-electron chi connectivity index (χ4n) is 1.10. The second kappa shape index (κ2) is 5.32. The number of hydrogen-bond acceptors (Lipinski definition) is 4. The summed E-state index contributed by atoms with van der Waals surface area (Å²) in [4.78, 5) is 10.7. The summed E-state index contributed by atoms with van der Waals surface area (Å²) in [6, 6.07) is 0. The van der Waals surface area contributed by atoms with Crippen LogP contribution < -0.4 is 5.32 Å². The molecule has 78 valence electrons. The highest BCUT2D eigenvalue weighted by Crippen LogP contribution is 2.05. The van der Waals surface area contributed by atoms with Crippen LogP contribution in [0.3, 0.4) is 0 Å². The van der Waals surface area contributed by atoms with Crippen LogP contribution in [0.2, 0.25) is 0 Å². The molecule has 0 aromatic rings. The minimum atomic E-state index is -1.15. The number of rotatable bonds is 6. The molecular weight excluding hydrogens is 170 g/mol. The van der Waals surface area contributed by atoms with E-state index in [0.29, 0.717) is 13.0 Å². The monoisotopic (exact) mass is 189 g/mol. The summed E-state index contributed by atoms with van der Waals surface area (Å²) < 4.78 is 0. The van der Waals surface area contributed by atoms with Gasteiger partial charge >= 0.3 is 0 Å². The highest BCUT2D eigenvalue weighted by Gasteiger charge is 2.20. The van der Waals surface area contributed by atoms with Gasteiger partial charge in [0.1, 0.15) is 11.5 Å². The van der Waals surface area contributed by atoms with E-state index in [9.17, 15) is 9.90 Å². The second-order valence-electron chi connectivity index (χ2n) is 3.72. The molecule has 0 spiro atoms. The van der Waals surface area contributed by atoms with Crippen molar-refractivity contribution in [2.24, 2.45) is 0 Å². The Hall–Kier alpha value is -0.450. The van der Waals surface area contributed by atoms with E-state index >= 15 is 0 Å². The van der Waals surface area contributed by atoms with Gasteiger partial charge in [-0.2, -0.15) is 0 Å². The van der Waals surface area contributed by atoms with Crippen LogP contribution in [-0.2, 0) is 4.79 Å². The molecule has 4 heteroatoms. The van der Waals surface area contributed by atoms with Crippen LogP contribution in [0.25, 0.3) is 0 Å². The SMILES string of the molecule is CC(=O)CC(C)(O)NCC[C@H](C)O.